The second kappa shape index (κ2) is 8.52. The normalized spacial score (nSPS) is 10.6. The van der Waals surface area contributed by atoms with Crippen molar-refractivity contribution >= 4 is 17.6 Å². The zero-order chi connectivity index (χ0) is 18.3. The van der Waals surface area contributed by atoms with Crippen LogP contribution in [-0.4, -0.2) is 16.7 Å². The third-order valence-corrected chi connectivity index (χ3v) is 4.06. The molecule has 128 valence electrons. The summed E-state index contributed by atoms with van der Waals surface area (Å²) in [6.45, 7) is 13.0. The number of rotatable bonds is 3. The van der Waals surface area contributed by atoms with E-state index in [4.69, 9.17) is 0 Å². The highest BCUT2D eigenvalue weighted by atomic mass is 14.9. The van der Waals surface area contributed by atoms with Gasteiger partial charge in [-0.25, -0.2) is 4.98 Å². The molecule has 0 fully saturated rings. The lowest BCUT2D eigenvalue weighted by molar-refractivity contribution is 0.572. The van der Waals surface area contributed by atoms with Crippen LogP contribution in [0.3, 0.4) is 0 Å². The standard InChI is InChI=1S/C15H15B.C7H12N2/c1-13(2)16(14-9-5-3-6-10-14)15-11-7-4-8-12-15;1-7(2,3)6-4-8-5-9-6/h3-12H,1H2,2H3;4-5H,1-3H3,(H,8,9). The predicted molar refractivity (Wildman–Crippen MR) is 110 cm³/mol. The Labute approximate surface area is 152 Å². The predicted octanol–water partition coefficient (Wildman–Crippen LogP) is 4.12. The van der Waals surface area contributed by atoms with Crippen LogP contribution in [-0.2, 0) is 5.41 Å². The van der Waals surface area contributed by atoms with Crippen molar-refractivity contribution < 1.29 is 0 Å². The van der Waals surface area contributed by atoms with E-state index in [-0.39, 0.29) is 5.41 Å². The van der Waals surface area contributed by atoms with Crippen molar-refractivity contribution in [3.8, 4) is 0 Å². The number of aromatic amines is 1. The zero-order valence-corrected chi connectivity index (χ0v) is 15.7. The Morgan fingerprint density at radius 1 is 0.920 bits per heavy atom. The van der Waals surface area contributed by atoms with Gasteiger partial charge < -0.3 is 4.98 Å². The number of imidazole rings is 1. The molecule has 1 heterocycles. The van der Waals surface area contributed by atoms with Gasteiger partial charge in [-0.1, -0.05) is 99.3 Å². The van der Waals surface area contributed by atoms with Crippen LogP contribution in [0.1, 0.15) is 33.4 Å². The lowest BCUT2D eigenvalue weighted by atomic mass is 9.37. The molecule has 0 aliphatic heterocycles. The van der Waals surface area contributed by atoms with E-state index in [9.17, 15) is 0 Å². The molecule has 0 amide bonds. The molecule has 0 spiro atoms. The molecule has 0 saturated heterocycles. The minimum Gasteiger partial charge on any atom is -0.348 e. The number of benzene rings is 2. The molecule has 0 unspecified atom stereocenters. The van der Waals surface area contributed by atoms with Crippen molar-refractivity contribution in [3.63, 3.8) is 0 Å². The van der Waals surface area contributed by atoms with Crippen LogP contribution in [0, 0.1) is 0 Å². The topological polar surface area (TPSA) is 28.7 Å². The van der Waals surface area contributed by atoms with Gasteiger partial charge >= 0.3 is 0 Å². The highest BCUT2D eigenvalue weighted by molar-refractivity contribution is 6.90. The third kappa shape index (κ3) is 5.49. The molecule has 3 aromatic rings. The Balaban J connectivity index is 0.000000212. The quantitative estimate of drug-likeness (QED) is 0.719. The zero-order valence-electron chi connectivity index (χ0n) is 15.7. The Hall–Kier alpha value is -2.55. The van der Waals surface area contributed by atoms with Crippen LogP contribution in [0.4, 0.5) is 0 Å². The smallest absolute Gasteiger partial charge is 0.236 e. The van der Waals surface area contributed by atoms with Crippen LogP contribution in [0.25, 0.3) is 0 Å². The van der Waals surface area contributed by atoms with Gasteiger partial charge in [0.1, 0.15) is 0 Å². The van der Waals surface area contributed by atoms with Crippen molar-refractivity contribution in [1.29, 1.82) is 0 Å². The molecule has 0 bridgehead atoms. The monoisotopic (exact) mass is 330 g/mol. The molecular formula is C22H27BN2. The van der Waals surface area contributed by atoms with Crippen molar-refractivity contribution in [2.24, 2.45) is 0 Å². The number of H-pyrrole nitrogens is 1. The minimum atomic E-state index is 0.205. The number of nitrogens with zero attached hydrogens (tertiary/aromatic N) is 1. The number of hydrogen-bond acceptors (Lipinski definition) is 1. The Morgan fingerprint density at radius 2 is 1.40 bits per heavy atom. The molecule has 0 aliphatic rings. The molecule has 25 heavy (non-hydrogen) atoms. The van der Waals surface area contributed by atoms with Gasteiger partial charge in [-0.15, -0.1) is 12.1 Å². The number of nitrogens with one attached hydrogen (secondary N) is 1. The molecule has 0 atom stereocenters. The van der Waals surface area contributed by atoms with Gasteiger partial charge in [-0.2, -0.15) is 0 Å². The fourth-order valence-electron chi connectivity index (χ4n) is 2.72. The first kappa shape index (κ1) is 18.8. The number of aromatic nitrogens is 2. The molecule has 0 aliphatic carbocycles. The summed E-state index contributed by atoms with van der Waals surface area (Å²) in [7, 11) is 0. The van der Waals surface area contributed by atoms with Gasteiger partial charge in [0.2, 0.25) is 6.71 Å². The lowest BCUT2D eigenvalue weighted by Crippen LogP contribution is -2.43. The van der Waals surface area contributed by atoms with Gasteiger partial charge in [-0.05, 0) is 0 Å². The Bertz CT molecular complexity index is 717. The highest BCUT2D eigenvalue weighted by Crippen LogP contribution is 2.17. The van der Waals surface area contributed by atoms with Gasteiger partial charge in [-0.3, -0.25) is 0 Å². The van der Waals surface area contributed by atoms with Gasteiger partial charge in [0, 0.05) is 17.3 Å². The second-order valence-electron chi connectivity index (χ2n) is 7.32. The van der Waals surface area contributed by atoms with Gasteiger partial charge in [0.05, 0.1) is 6.33 Å². The summed E-state index contributed by atoms with van der Waals surface area (Å²) < 4.78 is 0. The molecule has 3 rings (SSSR count). The summed E-state index contributed by atoms with van der Waals surface area (Å²) in [5.74, 6) is 0. The van der Waals surface area contributed by atoms with Crippen LogP contribution < -0.4 is 10.9 Å². The molecule has 1 N–H and O–H groups in total. The van der Waals surface area contributed by atoms with E-state index in [0.717, 1.165) is 0 Å². The Kier molecular flexibility index (Phi) is 6.41. The summed E-state index contributed by atoms with van der Waals surface area (Å²) in [6.07, 6.45) is 3.57. The second-order valence-corrected chi connectivity index (χ2v) is 7.32. The molecule has 2 nitrogen and oxygen atoms in total. The number of hydrogen-bond donors (Lipinski definition) is 1. The first-order chi connectivity index (χ1) is 11.9. The maximum Gasteiger partial charge on any atom is 0.236 e. The summed E-state index contributed by atoms with van der Waals surface area (Å²) in [5.41, 5.74) is 5.18. The van der Waals surface area contributed by atoms with Crippen molar-refractivity contribution in [3.05, 3.63) is 90.9 Å². The Morgan fingerprint density at radius 3 is 1.68 bits per heavy atom. The fourth-order valence-corrected chi connectivity index (χ4v) is 2.72. The first-order valence-corrected chi connectivity index (χ1v) is 8.63. The van der Waals surface area contributed by atoms with Crippen LogP contribution in [0.5, 0.6) is 0 Å². The molecular weight excluding hydrogens is 303 g/mol. The maximum atomic E-state index is 4.11. The summed E-state index contributed by atoms with van der Waals surface area (Å²) in [4.78, 5) is 7.00. The summed E-state index contributed by atoms with van der Waals surface area (Å²) >= 11 is 0. The maximum absolute atomic E-state index is 4.11. The molecule has 0 saturated carbocycles. The van der Waals surface area contributed by atoms with Crippen molar-refractivity contribution in [2.45, 2.75) is 33.1 Å². The van der Waals surface area contributed by atoms with Crippen LogP contribution in [0.15, 0.2) is 85.2 Å². The van der Waals surface area contributed by atoms with Crippen LogP contribution in [0.2, 0.25) is 0 Å². The van der Waals surface area contributed by atoms with E-state index < -0.39 is 0 Å². The SMILES string of the molecule is C=C(C)B(c1ccccc1)c1ccccc1.CC(C)(C)c1cnc[nH]1. The summed E-state index contributed by atoms with van der Waals surface area (Å²) in [5, 5.41) is 0. The van der Waals surface area contributed by atoms with Crippen molar-refractivity contribution in [2.75, 3.05) is 0 Å². The highest BCUT2D eigenvalue weighted by Gasteiger charge is 2.18. The third-order valence-electron chi connectivity index (χ3n) is 4.06. The first-order valence-electron chi connectivity index (χ1n) is 8.63. The molecule has 2 aromatic carbocycles. The molecule has 1 aromatic heterocycles. The lowest BCUT2D eigenvalue weighted by Gasteiger charge is -2.14. The van der Waals surface area contributed by atoms with E-state index in [0.29, 0.717) is 6.71 Å². The fraction of sp³-hybridized carbons (Fsp3) is 0.227. The van der Waals surface area contributed by atoms with Crippen molar-refractivity contribution in [1.82, 2.24) is 9.97 Å². The van der Waals surface area contributed by atoms with E-state index in [1.165, 1.54) is 22.1 Å². The average molecular weight is 330 g/mol. The van der Waals surface area contributed by atoms with Crippen LogP contribution >= 0.6 is 0 Å². The van der Waals surface area contributed by atoms with Gasteiger partial charge in [0.25, 0.3) is 0 Å². The van der Waals surface area contributed by atoms with E-state index >= 15 is 0 Å². The molecule has 0 radical (unpaired) electrons. The summed E-state index contributed by atoms with van der Waals surface area (Å²) in [6, 6.07) is 21.0. The average Bonchev–Trinajstić information content (AvgIpc) is 3.12. The van der Waals surface area contributed by atoms with E-state index in [2.05, 4.69) is 92.8 Å². The minimum absolute atomic E-state index is 0.205. The van der Waals surface area contributed by atoms with E-state index in [1.807, 2.05) is 18.3 Å². The van der Waals surface area contributed by atoms with Gasteiger partial charge in [0.15, 0.2) is 0 Å². The molecule has 3 heteroatoms. The number of allylic oxidation sites excluding steroid dienone is 1. The largest absolute Gasteiger partial charge is 0.348 e. The van der Waals surface area contributed by atoms with E-state index in [1.54, 1.807) is 6.33 Å².